The number of hydrogen-bond donors (Lipinski definition) is 2. The number of ether oxygens (including phenoxy) is 1. The molecule has 0 unspecified atom stereocenters. The van der Waals surface area contributed by atoms with Gasteiger partial charge in [-0.05, 0) is 18.6 Å². The molecular weight excluding hydrogens is 338 g/mol. The molecule has 0 fully saturated rings. The topological polar surface area (TPSA) is 128 Å². The van der Waals surface area contributed by atoms with Gasteiger partial charge in [-0.25, -0.2) is 8.42 Å². The van der Waals surface area contributed by atoms with E-state index in [1.54, 1.807) is 0 Å². The van der Waals surface area contributed by atoms with Gasteiger partial charge in [0, 0.05) is 32.0 Å². The van der Waals surface area contributed by atoms with Crippen LogP contribution < -0.4 is 10.6 Å². The Kier molecular flexibility index (Phi) is 7.59. The highest BCUT2D eigenvalue weighted by Crippen LogP contribution is 2.27. The SMILES string of the molecule is CCCOCC(=O)NCCNc1ccc(S(C)(=O)=O)cc1[N+](=O)[O-]. The molecule has 0 aliphatic rings. The predicted octanol–water partition coefficient (Wildman–Crippen LogP) is 0.953. The largest absolute Gasteiger partial charge is 0.378 e. The normalized spacial score (nSPS) is 11.1. The zero-order chi connectivity index (χ0) is 18.2. The van der Waals surface area contributed by atoms with E-state index >= 15 is 0 Å². The standard InChI is InChI=1S/C14H21N3O6S/c1-3-8-23-10-14(18)16-7-6-15-12-5-4-11(24(2,21)22)9-13(12)17(19)20/h4-5,9,15H,3,6-8,10H2,1-2H3,(H,16,18). The second kappa shape index (κ2) is 9.18. The molecule has 1 amide bonds. The van der Waals surface area contributed by atoms with Gasteiger partial charge in [0.05, 0.1) is 9.82 Å². The maximum atomic E-state index is 11.5. The molecule has 0 aliphatic heterocycles. The first kappa shape index (κ1) is 19.8. The van der Waals surface area contributed by atoms with E-state index in [-0.39, 0.29) is 41.9 Å². The predicted molar refractivity (Wildman–Crippen MR) is 88.8 cm³/mol. The molecule has 134 valence electrons. The first-order valence-electron chi connectivity index (χ1n) is 7.32. The van der Waals surface area contributed by atoms with E-state index in [2.05, 4.69) is 10.6 Å². The average molecular weight is 359 g/mol. The van der Waals surface area contributed by atoms with Crippen LogP contribution in [-0.2, 0) is 19.4 Å². The van der Waals surface area contributed by atoms with Gasteiger partial charge in [0.1, 0.15) is 12.3 Å². The van der Waals surface area contributed by atoms with E-state index < -0.39 is 14.8 Å². The van der Waals surface area contributed by atoms with Gasteiger partial charge in [0.25, 0.3) is 5.69 Å². The molecule has 0 aromatic heterocycles. The number of hydrogen-bond acceptors (Lipinski definition) is 7. The Labute approximate surface area is 140 Å². The lowest BCUT2D eigenvalue weighted by atomic mass is 10.2. The fourth-order valence-corrected chi connectivity index (χ4v) is 2.44. The Morgan fingerprint density at radius 1 is 1.33 bits per heavy atom. The highest BCUT2D eigenvalue weighted by atomic mass is 32.2. The van der Waals surface area contributed by atoms with Crippen molar-refractivity contribution in [3.63, 3.8) is 0 Å². The Morgan fingerprint density at radius 3 is 2.62 bits per heavy atom. The molecule has 10 heteroatoms. The number of nitrogens with zero attached hydrogens (tertiary/aromatic N) is 1. The number of nitro benzene ring substituents is 1. The highest BCUT2D eigenvalue weighted by Gasteiger charge is 2.18. The molecule has 0 saturated carbocycles. The summed E-state index contributed by atoms with van der Waals surface area (Å²) in [5.74, 6) is -0.271. The molecule has 1 aromatic carbocycles. The quantitative estimate of drug-likeness (QED) is 0.362. The van der Waals surface area contributed by atoms with E-state index in [9.17, 15) is 23.3 Å². The number of carbonyl (C=O) groups excluding carboxylic acids is 1. The minimum Gasteiger partial charge on any atom is -0.378 e. The van der Waals surface area contributed by atoms with Crippen molar-refractivity contribution in [3.05, 3.63) is 28.3 Å². The maximum Gasteiger partial charge on any atom is 0.293 e. The Balaban J connectivity index is 2.59. The molecule has 0 radical (unpaired) electrons. The molecule has 0 spiro atoms. The van der Waals surface area contributed by atoms with Crippen LogP contribution in [0.4, 0.5) is 11.4 Å². The third kappa shape index (κ3) is 6.50. The van der Waals surface area contributed by atoms with Crippen LogP contribution in [0, 0.1) is 10.1 Å². The van der Waals surface area contributed by atoms with Gasteiger partial charge in [0.2, 0.25) is 5.91 Å². The molecule has 1 aromatic rings. The molecule has 0 heterocycles. The summed E-state index contributed by atoms with van der Waals surface area (Å²) in [6.45, 7) is 2.91. The van der Waals surface area contributed by atoms with Crippen LogP contribution in [0.2, 0.25) is 0 Å². The van der Waals surface area contributed by atoms with Crippen molar-refractivity contribution in [2.24, 2.45) is 0 Å². The summed E-state index contributed by atoms with van der Waals surface area (Å²) in [5.41, 5.74) is -0.153. The fourth-order valence-electron chi connectivity index (χ4n) is 1.80. The van der Waals surface area contributed by atoms with Gasteiger partial charge in [0.15, 0.2) is 9.84 Å². The smallest absolute Gasteiger partial charge is 0.293 e. The minimum atomic E-state index is -3.53. The molecular formula is C14H21N3O6S. The minimum absolute atomic E-state index is 0.0307. The lowest BCUT2D eigenvalue weighted by molar-refractivity contribution is -0.384. The number of sulfone groups is 1. The zero-order valence-corrected chi connectivity index (χ0v) is 14.4. The summed E-state index contributed by atoms with van der Waals surface area (Å²) in [6, 6.07) is 3.64. The van der Waals surface area contributed by atoms with Gasteiger partial charge in [-0.3, -0.25) is 14.9 Å². The van der Waals surface area contributed by atoms with Crippen molar-refractivity contribution in [1.82, 2.24) is 5.32 Å². The first-order valence-corrected chi connectivity index (χ1v) is 9.21. The van der Waals surface area contributed by atoms with E-state index in [0.29, 0.717) is 6.61 Å². The van der Waals surface area contributed by atoms with Crippen molar-refractivity contribution < 1.29 is 22.9 Å². The summed E-state index contributed by atoms with van der Waals surface area (Å²) in [5, 5.41) is 16.5. The number of benzene rings is 1. The summed E-state index contributed by atoms with van der Waals surface area (Å²) >= 11 is 0. The van der Waals surface area contributed by atoms with Crippen LogP contribution in [0.5, 0.6) is 0 Å². The van der Waals surface area contributed by atoms with Crippen LogP contribution in [0.1, 0.15) is 13.3 Å². The summed E-state index contributed by atoms with van der Waals surface area (Å²) in [7, 11) is -3.53. The summed E-state index contributed by atoms with van der Waals surface area (Å²) in [4.78, 5) is 21.7. The third-order valence-electron chi connectivity index (χ3n) is 2.94. The van der Waals surface area contributed by atoms with Gasteiger partial charge < -0.3 is 15.4 Å². The second-order valence-electron chi connectivity index (χ2n) is 5.04. The van der Waals surface area contributed by atoms with Crippen LogP contribution >= 0.6 is 0 Å². The van der Waals surface area contributed by atoms with Gasteiger partial charge >= 0.3 is 0 Å². The van der Waals surface area contributed by atoms with Crippen molar-refractivity contribution in [2.45, 2.75) is 18.2 Å². The van der Waals surface area contributed by atoms with Crippen molar-refractivity contribution in [2.75, 3.05) is 37.9 Å². The monoisotopic (exact) mass is 359 g/mol. The van der Waals surface area contributed by atoms with Crippen LogP contribution in [-0.4, -0.2) is 51.8 Å². The van der Waals surface area contributed by atoms with Gasteiger partial charge in [-0.2, -0.15) is 0 Å². The number of nitro groups is 1. The first-order chi connectivity index (χ1) is 11.3. The Morgan fingerprint density at radius 2 is 2.04 bits per heavy atom. The van der Waals surface area contributed by atoms with Crippen LogP contribution in [0.3, 0.4) is 0 Å². The van der Waals surface area contributed by atoms with E-state index in [1.165, 1.54) is 12.1 Å². The molecule has 24 heavy (non-hydrogen) atoms. The zero-order valence-electron chi connectivity index (χ0n) is 13.6. The molecule has 2 N–H and O–H groups in total. The molecule has 0 bridgehead atoms. The third-order valence-corrected chi connectivity index (χ3v) is 4.05. The van der Waals surface area contributed by atoms with Crippen LogP contribution in [0.25, 0.3) is 0 Å². The average Bonchev–Trinajstić information content (AvgIpc) is 2.50. The number of anilines is 1. The van der Waals surface area contributed by atoms with Gasteiger partial charge in [-0.15, -0.1) is 0 Å². The Hall–Kier alpha value is -2.20. The molecule has 0 saturated heterocycles. The summed E-state index contributed by atoms with van der Waals surface area (Å²) in [6.07, 6.45) is 1.80. The number of amides is 1. The summed E-state index contributed by atoms with van der Waals surface area (Å²) < 4.78 is 28.0. The maximum absolute atomic E-state index is 11.5. The molecule has 9 nitrogen and oxygen atoms in total. The lowest BCUT2D eigenvalue weighted by Crippen LogP contribution is -2.32. The van der Waals surface area contributed by atoms with E-state index in [0.717, 1.165) is 18.7 Å². The number of nitrogens with one attached hydrogen (secondary N) is 2. The van der Waals surface area contributed by atoms with Gasteiger partial charge in [-0.1, -0.05) is 6.92 Å². The highest BCUT2D eigenvalue weighted by molar-refractivity contribution is 7.90. The van der Waals surface area contributed by atoms with E-state index in [4.69, 9.17) is 4.74 Å². The molecule has 0 atom stereocenters. The lowest BCUT2D eigenvalue weighted by Gasteiger charge is -2.09. The Bertz CT molecular complexity index is 690. The van der Waals surface area contributed by atoms with Crippen LogP contribution in [0.15, 0.2) is 23.1 Å². The van der Waals surface area contributed by atoms with E-state index in [1.807, 2.05) is 6.92 Å². The van der Waals surface area contributed by atoms with Crippen molar-refractivity contribution in [1.29, 1.82) is 0 Å². The molecule has 0 aliphatic carbocycles. The van der Waals surface area contributed by atoms with Crippen molar-refractivity contribution >= 4 is 27.1 Å². The number of rotatable bonds is 10. The second-order valence-corrected chi connectivity index (χ2v) is 7.05. The van der Waals surface area contributed by atoms with Crippen molar-refractivity contribution in [3.8, 4) is 0 Å². The fraction of sp³-hybridized carbons (Fsp3) is 0.500. The molecule has 1 rings (SSSR count). The number of carbonyl (C=O) groups is 1.